The summed E-state index contributed by atoms with van der Waals surface area (Å²) in [5.74, 6) is -1.31. The molecule has 10 heteroatoms. The van der Waals surface area contributed by atoms with Crippen molar-refractivity contribution in [2.45, 2.75) is 17.4 Å². The van der Waals surface area contributed by atoms with E-state index >= 15 is 0 Å². The molecule has 27 heavy (non-hydrogen) atoms. The van der Waals surface area contributed by atoms with Gasteiger partial charge in [0.05, 0.1) is 12.0 Å². The number of nitro groups is 1. The van der Waals surface area contributed by atoms with Crippen molar-refractivity contribution in [3.8, 4) is 0 Å². The highest BCUT2D eigenvalue weighted by Crippen LogP contribution is 2.23. The largest absolute Gasteiger partial charge is 0.468 e. The number of esters is 1. The summed E-state index contributed by atoms with van der Waals surface area (Å²) in [6.07, 6.45) is 0.163. The predicted octanol–water partition coefficient (Wildman–Crippen LogP) is 2.35. The van der Waals surface area contributed by atoms with Crippen molar-refractivity contribution in [3.05, 3.63) is 69.2 Å². The fraction of sp³-hybridized carbons (Fsp3) is 0.235. The number of nitro benzene ring substituents is 1. The van der Waals surface area contributed by atoms with Gasteiger partial charge in [-0.2, -0.15) is 0 Å². The molecule has 0 saturated heterocycles. The molecule has 0 fully saturated rings. The van der Waals surface area contributed by atoms with E-state index in [4.69, 9.17) is 16.3 Å². The van der Waals surface area contributed by atoms with Gasteiger partial charge in [0, 0.05) is 11.1 Å². The number of hydrogen-bond acceptors (Lipinski definition) is 7. The average molecular weight is 413 g/mol. The van der Waals surface area contributed by atoms with Crippen LogP contribution in [0.5, 0.6) is 0 Å². The van der Waals surface area contributed by atoms with Gasteiger partial charge in [-0.3, -0.25) is 20.2 Å². The Morgan fingerprint density at radius 2 is 1.85 bits per heavy atom. The normalized spacial score (nSPS) is 12.4. The molecule has 0 radical (unpaired) electrons. The second kappa shape index (κ2) is 8.94. The Balaban J connectivity index is 2.20. The zero-order valence-electron chi connectivity index (χ0n) is 14.3. The minimum absolute atomic E-state index is 0.163. The van der Waals surface area contributed by atoms with Crippen LogP contribution in [0.25, 0.3) is 0 Å². The summed E-state index contributed by atoms with van der Waals surface area (Å²) in [5, 5.41) is 14.2. The molecule has 144 valence electrons. The Hall–Kier alpha value is -2.49. The van der Waals surface area contributed by atoms with E-state index in [-0.39, 0.29) is 6.42 Å². The van der Waals surface area contributed by atoms with E-state index in [0.717, 1.165) is 17.7 Å². The fourth-order valence-electron chi connectivity index (χ4n) is 2.40. The number of ether oxygens (including phenoxy) is 1. The molecule has 0 unspecified atom stereocenters. The minimum Gasteiger partial charge on any atom is -0.468 e. The second-order valence-electron chi connectivity index (χ2n) is 5.59. The van der Waals surface area contributed by atoms with E-state index in [0.29, 0.717) is 5.02 Å². The van der Waals surface area contributed by atoms with Crippen LogP contribution in [0.15, 0.2) is 53.4 Å². The lowest BCUT2D eigenvalue weighted by molar-refractivity contribution is -0.387. The summed E-state index contributed by atoms with van der Waals surface area (Å²) in [5.41, 5.74) is 0.219. The molecule has 0 aromatic heterocycles. The molecule has 0 bridgehead atoms. The van der Waals surface area contributed by atoms with E-state index in [9.17, 15) is 23.3 Å². The smallest absolute Gasteiger partial charge is 0.323 e. The summed E-state index contributed by atoms with van der Waals surface area (Å²) in [7, 11) is -2.86. The molecule has 8 nitrogen and oxygen atoms in total. The standard InChI is InChI=1S/C17H17ClN2O6S/c1-26-17(21)14(10-12-6-8-13(18)9-7-12)19-11-27(24,25)16-5-3-2-4-15(16)20(22)23/h2-9,14,19H,10-11H2,1H3/t14-/m1/s1. The molecule has 0 amide bonds. The Labute approximate surface area is 161 Å². The van der Waals surface area contributed by atoms with Crippen LogP contribution in [-0.4, -0.2) is 38.3 Å². The Kier molecular flexibility index (Phi) is 6.89. The van der Waals surface area contributed by atoms with Gasteiger partial charge in [0.25, 0.3) is 5.69 Å². The molecule has 0 aliphatic heterocycles. The van der Waals surface area contributed by atoms with Crippen LogP contribution in [-0.2, 0) is 25.8 Å². The number of halogens is 1. The van der Waals surface area contributed by atoms with Gasteiger partial charge in [-0.05, 0) is 30.2 Å². The number of rotatable bonds is 8. The molecule has 2 rings (SSSR count). The molecule has 2 aromatic carbocycles. The third-order valence-corrected chi connectivity index (χ3v) is 5.57. The highest BCUT2D eigenvalue weighted by atomic mass is 35.5. The van der Waals surface area contributed by atoms with Gasteiger partial charge in [0.15, 0.2) is 9.84 Å². The number of benzene rings is 2. The predicted molar refractivity (Wildman–Crippen MR) is 99.2 cm³/mol. The molecule has 0 aliphatic carbocycles. The van der Waals surface area contributed by atoms with Crippen molar-refractivity contribution in [2.24, 2.45) is 0 Å². The lowest BCUT2D eigenvalue weighted by Gasteiger charge is -2.17. The van der Waals surface area contributed by atoms with Crippen LogP contribution < -0.4 is 5.32 Å². The first-order valence-corrected chi connectivity index (χ1v) is 9.79. The molecule has 0 aliphatic rings. The van der Waals surface area contributed by atoms with Gasteiger partial charge in [0.1, 0.15) is 16.8 Å². The van der Waals surface area contributed by atoms with Crippen molar-refractivity contribution in [1.29, 1.82) is 0 Å². The van der Waals surface area contributed by atoms with Gasteiger partial charge in [0.2, 0.25) is 0 Å². The van der Waals surface area contributed by atoms with Crippen LogP contribution in [0.2, 0.25) is 5.02 Å². The number of sulfone groups is 1. The maximum absolute atomic E-state index is 12.5. The first-order valence-electron chi connectivity index (χ1n) is 7.76. The average Bonchev–Trinajstić information content (AvgIpc) is 2.66. The highest BCUT2D eigenvalue weighted by molar-refractivity contribution is 7.91. The van der Waals surface area contributed by atoms with E-state index in [1.165, 1.54) is 19.2 Å². The Morgan fingerprint density at radius 3 is 2.44 bits per heavy atom. The summed E-state index contributed by atoms with van der Waals surface area (Å²) in [6.45, 7) is 0. The number of carbonyl (C=O) groups excluding carboxylic acids is 1. The monoisotopic (exact) mass is 412 g/mol. The molecular weight excluding hydrogens is 396 g/mol. The summed E-state index contributed by atoms with van der Waals surface area (Å²) in [6, 6.07) is 10.8. The molecule has 0 heterocycles. The lowest BCUT2D eigenvalue weighted by Crippen LogP contribution is -2.42. The van der Waals surface area contributed by atoms with Gasteiger partial charge in [-0.25, -0.2) is 8.42 Å². The van der Waals surface area contributed by atoms with Crippen LogP contribution in [0.1, 0.15) is 5.56 Å². The van der Waals surface area contributed by atoms with E-state index in [1.54, 1.807) is 24.3 Å². The Bertz CT molecular complexity index is 931. The topological polar surface area (TPSA) is 116 Å². The van der Waals surface area contributed by atoms with Crippen LogP contribution in [0, 0.1) is 10.1 Å². The Morgan fingerprint density at radius 1 is 1.22 bits per heavy atom. The van der Waals surface area contributed by atoms with Crippen molar-refractivity contribution >= 4 is 33.1 Å². The number of nitrogens with zero attached hydrogens (tertiary/aromatic N) is 1. The van der Waals surface area contributed by atoms with E-state index in [2.05, 4.69) is 5.32 Å². The third-order valence-electron chi connectivity index (χ3n) is 3.76. The van der Waals surface area contributed by atoms with E-state index < -0.39 is 43.2 Å². The van der Waals surface area contributed by atoms with Gasteiger partial charge >= 0.3 is 5.97 Å². The van der Waals surface area contributed by atoms with E-state index in [1.807, 2.05) is 0 Å². The molecule has 0 saturated carbocycles. The molecule has 2 aromatic rings. The second-order valence-corrected chi connectivity index (χ2v) is 7.99. The van der Waals surface area contributed by atoms with Crippen LogP contribution >= 0.6 is 11.6 Å². The molecule has 0 spiro atoms. The number of methoxy groups -OCH3 is 1. The number of carbonyl (C=O) groups is 1. The fourth-order valence-corrected chi connectivity index (χ4v) is 3.85. The number of para-hydroxylation sites is 1. The lowest BCUT2D eigenvalue weighted by atomic mass is 10.1. The minimum atomic E-state index is -4.05. The summed E-state index contributed by atoms with van der Waals surface area (Å²) in [4.78, 5) is 21.9. The van der Waals surface area contributed by atoms with Crippen LogP contribution in [0.4, 0.5) is 5.69 Å². The van der Waals surface area contributed by atoms with Crippen molar-refractivity contribution in [1.82, 2.24) is 5.32 Å². The molecule has 1 atom stereocenters. The van der Waals surface area contributed by atoms with Crippen molar-refractivity contribution in [2.75, 3.05) is 13.0 Å². The van der Waals surface area contributed by atoms with Crippen molar-refractivity contribution in [3.63, 3.8) is 0 Å². The first-order chi connectivity index (χ1) is 12.7. The molecule has 1 N–H and O–H groups in total. The maximum Gasteiger partial charge on any atom is 0.323 e. The first kappa shape index (κ1) is 20.8. The van der Waals surface area contributed by atoms with Gasteiger partial charge in [-0.1, -0.05) is 35.9 Å². The summed E-state index contributed by atoms with van der Waals surface area (Å²) < 4.78 is 29.8. The maximum atomic E-state index is 12.5. The number of nitrogens with one attached hydrogen (secondary N) is 1. The zero-order valence-corrected chi connectivity index (χ0v) is 15.9. The van der Waals surface area contributed by atoms with Gasteiger partial charge < -0.3 is 4.74 Å². The quantitative estimate of drug-likeness (QED) is 0.402. The molecular formula is C17H17ClN2O6S. The van der Waals surface area contributed by atoms with Crippen LogP contribution in [0.3, 0.4) is 0 Å². The number of hydrogen-bond donors (Lipinski definition) is 1. The summed E-state index contributed by atoms with van der Waals surface area (Å²) >= 11 is 5.83. The van der Waals surface area contributed by atoms with Crippen molar-refractivity contribution < 1.29 is 22.9 Å². The SMILES string of the molecule is COC(=O)[C@@H](Cc1ccc(Cl)cc1)NCS(=O)(=O)c1ccccc1[N+](=O)[O-]. The third kappa shape index (κ3) is 5.49. The highest BCUT2D eigenvalue weighted by Gasteiger charge is 2.28. The van der Waals surface area contributed by atoms with Gasteiger partial charge in [-0.15, -0.1) is 0 Å². The zero-order chi connectivity index (χ0) is 20.0.